The second-order valence-corrected chi connectivity index (χ2v) is 7.77. The van der Waals surface area contributed by atoms with Gasteiger partial charge < -0.3 is 10.3 Å². The Kier molecular flexibility index (Phi) is 5.74. The lowest BCUT2D eigenvalue weighted by molar-refractivity contribution is -0.121. The number of fused-ring (bicyclic) bond motifs is 1. The third-order valence-electron chi connectivity index (χ3n) is 4.87. The maximum Gasteiger partial charge on any atom is 0.220 e. The highest BCUT2D eigenvalue weighted by atomic mass is 35.5. The van der Waals surface area contributed by atoms with Crippen molar-refractivity contribution < 1.29 is 4.79 Å². The van der Waals surface area contributed by atoms with Crippen LogP contribution in [0.5, 0.6) is 0 Å². The first kappa shape index (κ1) is 18.7. The summed E-state index contributed by atoms with van der Waals surface area (Å²) in [5.74, 6) is -0.0158. The number of aromatic nitrogens is 2. The Hall–Kier alpha value is -2.63. The summed E-state index contributed by atoms with van der Waals surface area (Å²) in [6.07, 6.45) is 3.09. The van der Waals surface area contributed by atoms with E-state index in [2.05, 4.69) is 27.4 Å². The molecule has 0 aliphatic heterocycles. The van der Waals surface area contributed by atoms with Crippen LogP contribution >= 0.6 is 22.9 Å². The monoisotopic (exact) mass is 409 g/mol. The number of aromatic amines is 1. The third kappa shape index (κ3) is 4.11. The number of nitrogens with one attached hydrogen (secondary N) is 2. The van der Waals surface area contributed by atoms with Gasteiger partial charge in [0, 0.05) is 46.4 Å². The molecule has 4 nitrogen and oxygen atoms in total. The van der Waals surface area contributed by atoms with Crippen molar-refractivity contribution in [3.8, 4) is 0 Å². The molecule has 0 saturated heterocycles. The summed E-state index contributed by atoms with van der Waals surface area (Å²) in [7, 11) is 0. The van der Waals surface area contributed by atoms with E-state index in [1.54, 1.807) is 16.8 Å². The highest BCUT2D eigenvalue weighted by Gasteiger charge is 2.21. The molecule has 6 heteroatoms. The number of aryl methyl sites for hydroxylation is 1. The SMILES string of the molecule is O=C(CCc1cscn1)NCC(c1ccccc1Cl)c1c[nH]c2ccccc12. The molecular formula is C22H20ClN3OS. The highest BCUT2D eigenvalue weighted by Crippen LogP contribution is 2.34. The van der Waals surface area contributed by atoms with Crippen LogP contribution in [0.4, 0.5) is 0 Å². The molecule has 2 N–H and O–H groups in total. The van der Waals surface area contributed by atoms with E-state index < -0.39 is 0 Å². The molecule has 1 atom stereocenters. The molecule has 2 aromatic heterocycles. The summed E-state index contributed by atoms with van der Waals surface area (Å²) in [4.78, 5) is 20.0. The number of nitrogens with zero attached hydrogens (tertiary/aromatic N) is 1. The van der Waals surface area contributed by atoms with Crippen molar-refractivity contribution in [2.75, 3.05) is 6.54 Å². The van der Waals surface area contributed by atoms with E-state index in [4.69, 9.17) is 11.6 Å². The van der Waals surface area contributed by atoms with Crippen LogP contribution in [0, 0.1) is 0 Å². The Morgan fingerprint density at radius 3 is 2.79 bits per heavy atom. The van der Waals surface area contributed by atoms with Crippen LogP contribution in [0.2, 0.25) is 5.02 Å². The number of carbonyl (C=O) groups excluding carboxylic acids is 1. The number of amides is 1. The van der Waals surface area contributed by atoms with E-state index in [0.717, 1.165) is 27.7 Å². The van der Waals surface area contributed by atoms with Gasteiger partial charge in [0.15, 0.2) is 0 Å². The van der Waals surface area contributed by atoms with E-state index in [0.29, 0.717) is 24.4 Å². The lowest BCUT2D eigenvalue weighted by atomic mass is 9.90. The molecule has 4 aromatic rings. The molecule has 1 amide bonds. The number of thiazole rings is 1. The minimum Gasteiger partial charge on any atom is -0.361 e. The Balaban J connectivity index is 1.55. The van der Waals surface area contributed by atoms with Crippen molar-refractivity contribution in [1.82, 2.24) is 15.3 Å². The molecule has 0 spiro atoms. The lowest BCUT2D eigenvalue weighted by Crippen LogP contribution is -2.29. The fraction of sp³-hybridized carbons (Fsp3) is 0.182. The fourth-order valence-corrected chi connectivity index (χ4v) is 4.29. The van der Waals surface area contributed by atoms with Gasteiger partial charge in [0.05, 0.1) is 11.2 Å². The predicted molar refractivity (Wildman–Crippen MR) is 115 cm³/mol. The number of H-pyrrole nitrogens is 1. The van der Waals surface area contributed by atoms with Crippen molar-refractivity contribution in [3.05, 3.63) is 87.5 Å². The number of hydrogen-bond donors (Lipinski definition) is 2. The highest BCUT2D eigenvalue weighted by molar-refractivity contribution is 7.07. The van der Waals surface area contributed by atoms with Crippen molar-refractivity contribution in [2.24, 2.45) is 0 Å². The van der Waals surface area contributed by atoms with Crippen LogP contribution in [-0.2, 0) is 11.2 Å². The van der Waals surface area contributed by atoms with Crippen LogP contribution in [-0.4, -0.2) is 22.4 Å². The van der Waals surface area contributed by atoms with E-state index in [1.807, 2.05) is 48.0 Å². The van der Waals surface area contributed by atoms with E-state index >= 15 is 0 Å². The molecule has 2 heterocycles. The van der Waals surface area contributed by atoms with Gasteiger partial charge in [-0.2, -0.15) is 0 Å². The molecule has 0 aliphatic rings. The van der Waals surface area contributed by atoms with Gasteiger partial charge in [0.25, 0.3) is 0 Å². The predicted octanol–water partition coefficient (Wildman–Crippen LogP) is 5.16. The van der Waals surface area contributed by atoms with Crippen LogP contribution < -0.4 is 5.32 Å². The van der Waals surface area contributed by atoms with Crippen molar-refractivity contribution in [2.45, 2.75) is 18.8 Å². The summed E-state index contributed by atoms with van der Waals surface area (Å²) in [5.41, 5.74) is 5.96. The topological polar surface area (TPSA) is 57.8 Å². The molecule has 4 rings (SSSR count). The maximum atomic E-state index is 12.4. The molecule has 0 bridgehead atoms. The summed E-state index contributed by atoms with van der Waals surface area (Å²) in [6, 6.07) is 16.0. The zero-order valence-electron chi connectivity index (χ0n) is 15.2. The smallest absolute Gasteiger partial charge is 0.220 e. The molecule has 0 fully saturated rings. The second-order valence-electron chi connectivity index (χ2n) is 6.65. The van der Waals surface area contributed by atoms with E-state index in [-0.39, 0.29) is 11.8 Å². The fourth-order valence-electron chi connectivity index (χ4n) is 3.43. The molecular weight excluding hydrogens is 390 g/mol. The first-order chi connectivity index (χ1) is 13.7. The van der Waals surface area contributed by atoms with E-state index in [1.165, 1.54) is 0 Å². The maximum absolute atomic E-state index is 12.4. The Bertz CT molecular complexity index is 1070. The zero-order valence-corrected chi connectivity index (χ0v) is 16.8. The van der Waals surface area contributed by atoms with Crippen LogP contribution in [0.3, 0.4) is 0 Å². The molecule has 0 radical (unpaired) electrons. The van der Waals surface area contributed by atoms with Gasteiger partial charge in [-0.25, -0.2) is 4.98 Å². The first-order valence-electron chi connectivity index (χ1n) is 9.16. The van der Waals surface area contributed by atoms with Gasteiger partial charge in [-0.05, 0) is 29.7 Å². The van der Waals surface area contributed by atoms with Gasteiger partial charge in [0.2, 0.25) is 5.91 Å². The van der Waals surface area contributed by atoms with Gasteiger partial charge in [-0.1, -0.05) is 48.0 Å². The number of benzene rings is 2. The van der Waals surface area contributed by atoms with Crippen LogP contribution in [0.1, 0.15) is 29.2 Å². The molecule has 142 valence electrons. The van der Waals surface area contributed by atoms with Crippen molar-refractivity contribution in [1.29, 1.82) is 0 Å². The molecule has 0 aliphatic carbocycles. The van der Waals surface area contributed by atoms with E-state index in [9.17, 15) is 4.79 Å². The Labute approximate surface area is 172 Å². The average molecular weight is 410 g/mol. The number of carbonyl (C=O) groups is 1. The quantitative estimate of drug-likeness (QED) is 0.443. The molecule has 28 heavy (non-hydrogen) atoms. The standard InChI is InChI=1S/C22H20ClN3OS/c23-20-7-3-1-5-16(20)18(19-11-24-21-8-4-2-6-17(19)21)12-25-22(27)10-9-15-13-28-14-26-15/h1-8,11,13-14,18,24H,9-10,12H2,(H,25,27). The Morgan fingerprint density at radius 1 is 1.14 bits per heavy atom. The number of para-hydroxylation sites is 1. The molecule has 1 unspecified atom stereocenters. The summed E-state index contributed by atoms with van der Waals surface area (Å²) in [5, 5.41) is 6.91. The number of halogens is 1. The summed E-state index contributed by atoms with van der Waals surface area (Å²) in [6.45, 7) is 0.488. The van der Waals surface area contributed by atoms with Gasteiger partial charge in [-0.3, -0.25) is 4.79 Å². The molecule has 2 aromatic carbocycles. The number of rotatable bonds is 7. The van der Waals surface area contributed by atoms with Crippen LogP contribution in [0.25, 0.3) is 10.9 Å². The first-order valence-corrected chi connectivity index (χ1v) is 10.5. The minimum absolute atomic E-state index is 0.0184. The van der Waals surface area contributed by atoms with Gasteiger partial charge >= 0.3 is 0 Å². The summed E-state index contributed by atoms with van der Waals surface area (Å²) < 4.78 is 0. The molecule has 0 saturated carbocycles. The average Bonchev–Trinajstić information content (AvgIpc) is 3.38. The normalized spacial score (nSPS) is 12.2. The summed E-state index contributed by atoms with van der Waals surface area (Å²) >= 11 is 8.05. The zero-order chi connectivity index (χ0) is 19.3. The Morgan fingerprint density at radius 2 is 1.96 bits per heavy atom. The minimum atomic E-state index is -0.0342. The third-order valence-corrected chi connectivity index (χ3v) is 5.85. The second kappa shape index (κ2) is 8.59. The van der Waals surface area contributed by atoms with Gasteiger partial charge in [-0.15, -0.1) is 11.3 Å². The van der Waals surface area contributed by atoms with Crippen LogP contribution in [0.15, 0.2) is 65.6 Å². The lowest BCUT2D eigenvalue weighted by Gasteiger charge is -2.19. The largest absolute Gasteiger partial charge is 0.361 e. The van der Waals surface area contributed by atoms with Crippen molar-refractivity contribution >= 4 is 39.7 Å². The van der Waals surface area contributed by atoms with Gasteiger partial charge in [0.1, 0.15) is 0 Å². The van der Waals surface area contributed by atoms with Crippen molar-refractivity contribution in [3.63, 3.8) is 0 Å². The number of hydrogen-bond acceptors (Lipinski definition) is 3.